The Morgan fingerprint density at radius 1 is 0.636 bits per heavy atom. The topological polar surface area (TPSA) is 0 Å². The van der Waals surface area contributed by atoms with Crippen LogP contribution in [0, 0.1) is 35.2 Å². The Balaban J connectivity index is 0.000000160. The van der Waals surface area contributed by atoms with Crippen LogP contribution in [0.25, 0.3) is 0 Å². The molecule has 6 heteroatoms. The van der Waals surface area contributed by atoms with E-state index in [0.717, 1.165) is 14.5 Å². The molecule has 0 atom stereocenters. The molecule has 0 nitrogen and oxygen atoms in total. The summed E-state index contributed by atoms with van der Waals surface area (Å²) < 4.78 is 61.5. The van der Waals surface area contributed by atoms with Crippen LogP contribution < -0.4 is 0 Å². The first-order valence-electron chi connectivity index (χ1n) is 6.36. The zero-order valence-corrected chi connectivity index (χ0v) is 12.7. The van der Waals surface area contributed by atoms with Gasteiger partial charge in [0.15, 0.2) is 23.3 Å². The number of halogens is 5. The van der Waals surface area contributed by atoms with Crippen LogP contribution in [0.3, 0.4) is 0 Å². The van der Waals surface area contributed by atoms with Gasteiger partial charge in [-0.2, -0.15) is 0 Å². The largest absolute Gasteiger partial charge is 0.203 e. The SMILES string of the molecule is C1=C[CH]([Ti][CH]2C=CC=C2)C=C1.Fc1[c]c(F)c(F)c(F)c1F. The van der Waals surface area contributed by atoms with Crippen molar-refractivity contribution in [3.63, 3.8) is 0 Å². The molecular weight excluding hydrogens is 335 g/mol. The van der Waals surface area contributed by atoms with Gasteiger partial charge < -0.3 is 0 Å². The van der Waals surface area contributed by atoms with Crippen LogP contribution in [0.5, 0.6) is 0 Å². The van der Waals surface area contributed by atoms with Gasteiger partial charge in [-0.3, -0.25) is 0 Å². The van der Waals surface area contributed by atoms with Crippen LogP contribution in [0.1, 0.15) is 0 Å². The van der Waals surface area contributed by atoms with E-state index >= 15 is 0 Å². The fourth-order valence-electron chi connectivity index (χ4n) is 1.80. The molecular formula is C16H10F5Ti. The van der Waals surface area contributed by atoms with E-state index in [-0.39, 0.29) is 19.2 Å². The Kier molecular flexibility index (Phi) is 5.92. The van der Waals surface area contributed by atoms with Gasteiger partial charge in [0.2, 0.25) is 5.82 Å². The predicted molar refractivity (Wildman–Crippen MR) is 69.1 cm³/mol. The van der Waals surface area contributed by atoms with Crippen LogP contribution in [0.4, 0.5) is 22.0 Å². The smallest absolute Gasteiger partial charge is 0.200 e. The molecule has 0 fully saturated rings. The third-order valence-electron chi connectivity index (χ3n) is 2.87. The molecule has 0 saturated carbocycles. The van der Waals surface area contributed by atoms with Crippen molar-refractivity contribution in [1.29, 1.82) is 0 Å². The van der Waals surface area contributed by atoms with Gasteiger partial charge in [-0.15, -0.1) is 0 Å². The first kappa shape index (κ1) is 16.9. The van der Waals surface area contributed by atoms with Crippen molar-refractivity contribution in [2.45, 2.75) is 8.45 Å². The third-order valence-corrected chi connectivity index (χ3v) is 5.28. The quantitative estimate of drug-likeness (QED) is 0.304. The summed E-state index contributed by atoms with van der Waals surface area (Å²) in [6, 6.07) is 1.02. The van der Waals surface area contributed by atoms with E-state index in [0.29, 0.717) is 0 Å². The molecule has 22 heavy (non-hydrogen) atoms. The molecule has 0 aromatic heterocycles. The fourth-order valence-corrected chi connectivity index (χ4v) is 3.89. The summed E-state index contributed by atoms with van der Waals surface area (Å²) in [6.45, 7) is 0. The van der Waals surface area contributed by atoms with Crippen molar-refractivity contribution in [3.05, 3.63) is 83.8 Å². The molecule has 1 aromatic rings. The number of allylic oxidation sites excluding steroid dienone is 8. The van der Waals surface area contributed by atoms with E-state index in [2.05, 4.69) is 48.6 Å². The molecule has 1 aromatic carbocycles. The number of benzene rings is 1. The third kappa shape index (κ3) is 4.27. The minimum Gasteiger partial charge on any atom is -0.203 e. The molecule has 1 radical (unpaired) electrons. The van der Waals surface area contributed by atoms with Crippen molar-refractivity contribution in [3.8, 4) is 0 Å². The predicted octanol–water partition coefficient (Wildman–Crippen LogP) is 5.08. The molecule has 0 aliphatic heterocycles. The van der Waals surface area contributed by atoms with Gasteiger partial charge >= 0.3 is 76.2 Å². The number of hydrogen-bond acceptors (Lipinski definition) is 0. The maximum atomic E-state index is 12.0. The average molecular weight is 345 g/mol. The summed E-state index contributed by atoms with van der Waals surface area (Å²) in [6.07, 6.45) is 17.9. The van der Waals surface area contributed by atoms with Gasteiger partial charge in [0.05, 0.1) is 6.07 Å². The molecule has 0 saturated heterocycles. The first-order chi connectivity index (χ1) is 10.5. The van der Waals surface area contributed by atoms with Gasteiger partial charge in [-0.1, -0.05) is 0 Å². The number of hydrogen-bond donors (Lipinski definition) is 0. The van der Waals surface area contributed by atoms with E-state index in [1.165, 1.54) is 0 Å². The maximum Gasteiger partial charge on any atom is 0.200 e. The van der Waals surface area contributed by atoms with Gasteiger partial charge in [0, 0.05) is 0 Å². The van der Waals surface area contributed by atoms with Crippen molar-refractivity contribution in [1.82, 2.24) is 0 Å². The first-order valence-corrected chi connectivity index (χ1v) is 8.16. The summed E-state index contributed by atoms with van der Waals surface area (Å²) in [7, 11) is 0. The second-order valence-corrected chi connectivity index (χ2v) is 7.06. The summed E-state index contributed by atoms with van der Waals surface area (Å²) in [5.41, 5.74) is 0. The van der Waals surface area contributed by atoms with Crippen molar-refractivity contribution < 1.29 is 41.1 Å². The average Bonchev–Trinajstić information content (AvgIpc) is 3.18. The Hall–Kier alpha value is -1.46. The zero-order valence-electron chi connectivity index (χ0n) is 11.2. The van der Waals surface area contributed by atoms with Crippen LogP contribution in [0.15, 0.2) is 48.6 Å². The second kappa shape index (κ2) is 7.70. The van der Waals surface area contributed by atoms with Crippen LogP contribution in [-0.2, 0) is 19.2 Å². The van der Waals surface area contributed by atoms with E-state index in [4.69, 9.17) is 0 Å². The summed E-state index contributed by atoms with van der Waals surface area (Å²) in [5, 5.41) is 0. The monoisotopic (exact) mass is 345 g/mol. The Morgan fingerprint density at radius 3 is 1.36 bits per heavy atom. The summed E-state index contributed by atoms with van der Waals surface area (Å²) in [4.78, 5) is 0. The summed E-state index contributed by atoms with van der Waals surface area (Å²) in [5.74, 6) is -10.0. The van der Waals surface area contributed by atoms with Gasteiger partial charge in [-0.25, -0.2) is 22.0 Å². The Morgan fingerprint density at radius 2 is 1.00 bits per heavy atom. The molecule has 0 heterocycles. The van der Waals surface area contributed by atoms with Crippen LogP contribution in [-0.4, -0.2) is 0 Å². The second-order valence-electron chi connectivity index (χ2n) is 4.45. The van der Waals surface area contributed by atoms with E-state index in [1.54, 1.807) is 0 Å². The van der Waals surface area contributed by atoms with Gasteiger partial charge in [-0.05, 0) is 0 Å². The van der Waals surface area contributed by atoms with Gasteiger partial charge in [0.1, 0.15) is 0 Å². The van der Waals surface area contributed by atoms with E-state index in [9.17, 15) is 22.0 Å². The summed E-state index contributed by atoms with van der Waals surface area (Å²) >= 11 is 0.139. The molecule has 0 bridgehead atoms. The van der Waals surface area contributed by atoms with Gasteiger partial charge in [0.25, 0.3) is 0 Å². The van der Waals surface area contributed by atoms with Crippen molar-refractivity contribution in [2.24, 2.45) is 0 Å². The molecule has 0 unspecified atom stereocenters. The molecule has 113 valence electrons. The van der Waals surface area contributed by atoms with Crippen LogP contribution in [0.2, 0.25) is 8.45 Å². The molecule has 0 N–H and O–H groups in total. The minimum atomic E-state index is -2.17. The minimum absolute atomic E-state index is 0.139. The molecule has 3 rings (SSSR count). The number of rotatable bonds is 2. The molecule has 2 aliphatic rings. The molecule has 2 aliphatic carbocycles. The maximum absolute atomic E-state index is 12.0. The molecule has 0 spiro atoms. The van der Waals surface area contributed by atoms with E-state index < -0.39 is 29.1 Å². The Labute approximate surface area is 133 Å². The van der Waals surface area contributed by atoms with Crippen LogP contribution >= 0.6 is 0 Å². The molecule has 0 amide bonds. The Bertz CT molecular complexity index is 585. The zero-order chi connectivity index (χ0) is 16.1. The fraction of sp³-hybridized carbons (Fsp3) is 0.125. The van der Waals surface area contributed by atoms with Crippen molar-refractivity contribution >= 4 is 0 Å². The standard InChI is InChI=1S/C6F5.2C5H5.Ti/c7-2-1-3(8)5(10)6(11)4(2)9;2*1-2-4-5-3-1;/h;2*1-5H;. The van der Waals surface area contributed by atoms with E-state index in [1.807, 2.05) is 0 Å². The normalized spacial score (nSPS) is 16.2. The van der Waals surface area contributed by atoms with Crippen molar-refractivity contribution in [2.75, 3.05) is 0 Å².